The van der Waals surface area contributed by atoms with E-state index in [0.717, 1.165) is 22.6 Å². The molecule has 1 aromatic carbocycles. The molecule has 0 saturated carbocycles. The quantitative estimate of drug-likeness (QED) is 0.755. The summed E-state index contributed by atoms with van der Waals surface area (Å²) >= 11 is 0. The van der Waals surface area contributed by atoms with Crippen molar-refractivity contribution in [3.05, 3.63) is 65.1 Å². The molecule has 1 N–H and O–H groups in total. The van der Waals surface area contributed by atoms with Gasteiger partial charge in [-0.3, -0.25) is 9.20 Å². The van der Waals surface area contributed by atoms with Crippen molar-refractivity contribution in [1.82, 2.24) is 9.38 Å². The van der Waals surface area contributed by atoms with Gasteiger partial charge in [-0.2, -0.15) is 0 Å². The number of rotatable bonds is 2. The normalized spacial score (nSPS) is 11.7. The number of aryl methyl sites for hydroxylation is 2. The zero-order valence-corrected chi connectivity index (χ0v) is 14.8. The number of carbonyl (C=O) groups excluding carboxylic acids is 1. The van der Waals surface area contributed by atoms with E-state index in [1.165, 1.54) is 5.56 Å². The predicted molar refractivity (Wildman–Crippen MR) is 97.8 cm³/mol. The van der Waals surface area contributed by atoms with Gasteiger partial charge in [-0.05, 0) is 54.7 Å². The second kappa shape index (κ2) is 5.78. The van der Waals surface area contributed by atoms with Crippen LogP contribution in [0.15, 0.2) is 42.6 Å². The highest BCUT2D eigenvalue weighted by Crippen LogP contribution is 2.24. The highest BCUT2D eigenvalue weighted by molar-refractivity contribution is 6.04. The zero-order valence-electron chi connectivity index (χ0n) is 14.8. The Kier molecular flexibility index (Phi) is 3.91. The van der Waals surface area contributed by atoms with Crippen LogP contribution in [-0.2, 0) is 5.41 Å². The number of pyridine rings is 1. The van der Waals surface area contributed by atoms with Gasteiger partial charge in [0.2, 0.25) is 0 Å². The molecule has 2 aromatic heterocycles. The van der Waals surface area contributed by atoms with Crippen molar-refractivity contribution >= 4 is 17.2 Å². The van der Waals surface area contributed by atoms with E-state index < -0.39 is 0 Å². The van der Waals surface area contributed by atoms with Crippen LogP contribution >= 0.6 is 0 Å². The van der Waals surface area contributed by atoms with Crippen molar-refractivity contribution in [3.63, 3.8) is 0 Å². The number of amides is 1. The summed E-state index contributed by atoms with van der Waals surface area (Å²) in [6.07, 6.45) is 1.89. The fourth-order valence-electron chi connectivity index (χ4n) is 2.78. The second-order valence-corrected chi connectivity index (χ2v) is 7.26. The zero-order chi connectivity index (χ0) is 17.5. The molecule has 0 aliphatic carbocycles. The minimum atomic E-state index is -0.146. The van der Waals surface area contributed by atoms with Gasteiger partial charge in [0.25, 0.3) is 5.91 Å². The molecule has 0 spiro atoms. The standard InChI is InChI=1S/C20H23N3O/c1-13-10-11-23-17(12-13)21-14(2)18(23)19(24)22-16-8-6-15(7-9-16)20(3,4)5/h6-12H,1-5H3,(H,22,24). The molecular formula is C20H23N3O. The molecule has 0 radical (unpaired) electrons. The smallest absolute Gasteiger partial charge is 0.274 e. The molecule has 0 fully saturated rings. The first kappa shape index (κ1) is 16.2. The van der Waals surface area contributed by atoms with E-state index in [1.807, 2.05) is 48.7 Å². The SMILES string of the molecule is Cc1ccn2c(C(=O)Nc3ccc(C(C)(C)C)cc3)c(C)nc2c1. The Morgan fingerprint density at radius 2 is 1.75 bits per heavy atom. The van der Waals surface area contributed by atoms with Crippen molar-refractivity contribution in [3.8, 4) is 0 Å². The average molecular weight is 321 g/mol. The summed E-state index contributed by atoms with van der Waals surface area (Å²) < 4.78 is 1.83. The molecule has 4 nitrogen and oxygen atoms in total. The van der Waals surface area contributed by atoms with Gasteiger partial charge >= 0.3 is 0 Å². The van der Waals surface area contributed by atoms with E-state index in [1.54, 1.807) is 0 Å². The molecule has 24 heavy (non-hydrogen) atoms. The van der Waals surface area contributed by atoms with E-state index in [0.29, 0.717) is 5.69 Å². The summed E-state index contributed by atoms with van der Waals surface area (Å²) in [7, 11) is 0. The Bertz CT molecular complexity index is 899. The van der Waals surface area contributed by atoms with Crippen molar-refractivity contribution < 1.29 is 4.79 Å². The summed E-state index contributed by atoms with van der Waals surface area (Å²) in [5, 5.41) is 2.97. The molecule has 0 bridgehead atoms. The first-order valence-corrected chi connectivity index (χ1v) is 8.13. The fraction of sp³-hybridized carbons (Fsp3) is 0.300. The number of benzene rings is 1. The van der Waals surface area contributed by atoms with Gasteiger partial charge in [-0.1, -0.05) is 32.9 Å². The Labute approximate surface area is 142 Å². The second-order valence-electron chi connectivity index (χ2n) is 7.26. The summed E-state index contributed by atoms with van der Waals surface area (Å²) in [6.45, 7) is 10.4. The van der Waals surface area contributed by atoms with Crippen LogP contribution in [0.3, 0.4) is 0 Å². The van der Waals surface area contributed by atoms with Gasteiger partial charge < -0.3 is 5.32 Å². The molecule has 2 heterocycles. The summed E-state index contributed by atoms with van der Waals surface area (Å²) in [6, 6.07) is 12.0. The summed E-state index contributed by atoms with van der Waals surface area (Å²) in [4.78, 5) is 17.2. The van der Waals surface area contributed by atoms with Crippen molar-refractivity contribution in [2.24, 2.45) is 0 Å². The summed E-state index contributed by atoms with van der Waals surface area (Å²) in [5.74, 6) is -0.146. The molecule has 0 aliphatic heterocycles. The fourth-order valence-corrected chi connectivity index (χ4v) is 2.78. The number of aromatic nitrogens is 2. The first-order chi connectivity index (χ1) is 11.3. The van der Waals surface area contributed by atoms with Gasteiger partial charge in [-0.15, -0.1) is 0 Å². The van der Waals surface area contributed by atoms with Gasteiger partial charge in [0, 0.05) is 11.9 Å². The van der Waals surface area contributed by atoms with Crippen molar-refractivity contribution in [2.45, 2.75) is 40.0 Å². The maximum absolute atomic E-state index is 12.7. The third-order valence-electron chi connectivity index (χ3n) is 4.18. The highest BCUT2D eigenvalue weighted by Gasteiger charge is 2.17. The number of carbonyl (C=O) groups is 1. The minimum absolute atomic E-state index is 0.0959. The van der Waals surface area contributed by atoms with Gasteiger partial charge in [0.15, 0.2) is 0 Å². The maximum atomic E-state index is 12.7. The molecule has 0 unspecified atom stereocenters. The van der Waals surface area contributed by atoms with Crippen LogP contribution in [0.1, 0.15) is 48.1 Å². The molecule has 0 atom stereocenters. The molecular weight excluding hydrogens is 298 g/mol. The number of nitrogens with zero attached hydrogens (tertiary/aromatic N) is 2. The lowest BCUT2D eigenvalue weighted by molar-refractivity contribution is 0.102. The van der Waals surface area contributed by atoms with Crippen molar-refractivity contribution in [1.29, 1.82) is 0 Å². The largest absolute Gasteiger partial charge is 0.321 e. The van der Waals surface area contributed by atoms with Crippen LogP contribution in [0.2, 0.25) is 0 Å². The van der Waals surface area contributed by atoms with E-state index in [4.69, 9.17) is 0 Å². The molecule has 3 rings (SSSR count). The predicted octanol–water partition coefficient (Wildman–Crippen LogP) is 4.50. The molecule has 3 aromatic rings. The number of anilines is 1. The lowest BCUT2D eigenvalue weighted by atomic mass is 9.87. The van der Waals surface area contributed by atoms with E-state index in [-0.39, 0.29) is 11.3 Å². The van der Waals surface area contributed by atoms with Gasteiger partial charge in [0.05, 0.1) is 5.69 Å². The third kappa shape index (κ3) is 3.04. The van der Waals surface area contributed by atoms with Gasteiger partial charge in [0.1, 0.15) is 11.3 Å². The monoisotopic (exact) mass is 321 g/mol. The minimum Gasteiger partial charge on any atom is -0.321 e. The maximum Gasteiger partial charge on any atom is 0.274 e. The Hall–Kier alpha value is -2.62. The number of imidazole rings is 1. The highest BCUT2D eigenvalue weighted by atomic mass is 16.2. The van der Waals surface area contributed by atoms with Crippen LogP contribution in [0.25, 0.3) is 5.65 Å². The molecule has 0 saturated heterocycles. The molecule has 4 heteroatoms. The Morgan fingerprint density at radius 1 is 1.08 bits per heavy atom. The molecule has 0 aliphatic rings. The van der Waals surface area contributed by atoms with Crippen LogP contribution in [0.4, 0.5) is 5.69 Å². The van der Waals surface area contributed by atoms with E-state index in [9.17, 15) is 4.79 Å². The van der Waals surface area contributed by atoms with Crippen LogP contribution in [0.5, 0.6) is 0 Å². The lowest BCUT2D eigenvalue weighted by Gasteiger charge is -2.19. The van der Waals surface area contributed by atoms with Crippen LogP contribution < -0.4 is 5.32 Å². The van der Waals surface area contributed by atoms with Crippen LogP contribution in [-0.4, -0.2) is 15.3 Å². The Morgan fingerprint density at radius 3 is 2.38 bits per heavy atom. The number of nitrogens with one attached hydrogen (secondary N) is 1. The topological polar surface area (TPSA) is 46.4 Å². The van der Waals surface area contributed by atoms with Crippen LogP contribution in [0, 0.1) is 13.8 Å². The third-order valence-corrected chi connectivity index (χ3v) is 4.18. The summed E-state index contributed by atoms with van der Waals surface area (Å²) in [5.41, 5.74) is 5.34. The first-order valence-electron chi connectivity index (χ1n) is 8.13. The van der Waals surface area contributed by atoms with Gasteiger partial charge in [-0.25, -0.2) is 4.98 Å². The number of hydrogen-bond donors (Lipinski definition) is 1. The Balaban J connectivity index is 1.89. The van der Waals surface area contributed by atoms with E-state index >= 15 is 0 Å². The van der Waals surface area contributed by atoms with E-state index in [2.05, 4.69) is 43.2 Å². The number of fused-ring (bicyclic) bond motifs is 1. The average Bonchev–Trinajstić information content (AvgIpc) is 2.81. The molecule has 124 valence electrons. The lowest BCUT2D eigenvalue weighted by Crippen LogP contribution is -2.16. The molecule has 1 amide bonds. The van der Waals surface area contributed by atoms with Crippen molar-refractivity contribution in [2.75, 3.05) is 5.32 Å². The number of hydrogen-bond acceptors (Lipinski definition) is 2.